The van der Waals surface area contributed by atoms with Crippen molar-refractivity contribution in [1.29, 1.82) is 0 Å². The number of carbonyl (C=O) groups is 1. The Kier molecular flexibility index (Phi) is 6.75. The normalized spacial score (nSPS) is 10.2. The molecule has 0 radical (unpaired) electrons. The lowest BCUT2D eigenvalue weighted by atomic mass is 10.0. The third-order valence-corrected chi connectivity index (χ3v) is 4.67. The molecule has 0 fully saturated rings. The Morgan fingerprint density at radius 1 is 0.897 bits per heavy atom. The fraction of sp³-hybridized carbons (Fsp3) is 0.154. The topological polar surface area (TPSA) is 42.0 Å². The second-order valence-electron chi connectivity index (χ2n) is 6.47. The Morgan fingerprint density at radius 3 is 2.48 bits per heavy atom. The summed E-state index contributed by atoms with van der Waals surface area (Å²) in [5.74, 6) is -0.105. The maximum absolute atomic E-state index is 12.8. The van der Waals surface area contributed by atoms with E-state index in [4.69, 9.17) is 0 Å². The average Bonchev–Trinajstić information content (AvgIpc) is 2.80. The fourth-order valence-electron chi connectivity index (χ4n) is 3.19. The molecule has 0 saturated carbocycles. The Labute approximate surface area is 172 Å². The molecule has 3 heteroatoms. The van der Waals surface area contributed by atoms with Gasteiger partial charge in [-0.2, -0.15) is 0 Å². The van der Waals surface area contributed by atoms with Crippen molar-refractivity contribution in [1.82, 2.24) is 4.98 Å². The first-order valence-electron chi connectivity index (χ1n) is 10.1. The van der Waals surface area contributed by atoms with Crippen molar-refractivity contribution < 1.29 is 4.79 Å². The number of carbonyl (C=O) groups excluding carboxylic acids is 1. The maximum Gasteiger partial charge on any atom is 0.255 e. The molecule has 4 aromatic rings. The first-order valence-corrected chi connectivity index (χ1v) is 10.1. The van der Waals surface area contributed by atoms with Crippen LogP contribution in [0.5, 0.6) is 0 Å². The molecule has 146 valence electrons. The highest BCUT2D eigenvalue weighted by Crippen LogP contribution is 2.29. The van der Waals surface area contributed by atoms with Gasteiger partial charge in [0, 0.05) is 34.0 Å². The molecule has 4 rings (SSSR count). The second kappa shape index (κ2) is 9.65. The lowest BCUT2D eigenvalue weighted by Gasteiger charge is -2.12. The monoisotopic (exact) mass is 382 g/mol. The molecule has 0 atom stereocenters. The number of hydrogen-bond acceptors (Lipinski definition) is 2. The number of amides is 1. The average molecular weight is 383 g/mol. The molecule has 1 aromatic heterocycles. The second-order valence-corrected chi connectivity index (χ2v) is 6.47. The van der Waals surface area contributed by atoms with Crippen molar-refractivity contribution in [3.63, 3.8) is 0 Å². The summed E-state index contributed by atoms with van der Waals surface area (Å²) in [5.41, 5.74) is 5.48. The maximum atomic E-state index is 12.8. The summed E-state index contributed by atoms with van der Waals surface area (Å²) in [6.45, 7) is 6.08. The summed E-state index contributed by atoms with van der Waals surface area (Å²) in [6, 6.07) is 25.7. The molecule has 1 N–H and O–H groups in total. The van der Waals surface area contributed by atoms with Crippen molar-refractivity contribution in [2.75, 3.05) is 5.32 Å². The molecule has 1 heterocycles. The van der Waals surface area contributed by atoms with Crippen LogP contribution in [-0.4, -0.2) is 10.9 Å². The molecule has 0 saturated heterocycles. The zero-order valence-electron chi connectivity index (χ0n) is 17.1. The van der Waals surface area contributed by atoms with Crippen LogP contribution in [0.3, 0.4) is 0 Å². The molecule has 0 aliphatic rings. The van der Waals surface area contributed by atoms with Crippen LogP contribution in [0.15, 0.2) is 85.1 Å². The molecular formula is C26H26N2O. The number of nitrogens with one attached hydrogen (secondary N) is 1. The molecule has 3 nitrogen and oxygen atoms in total. The fourth-order valence-corrected chi connectivity index (χ4v) is 3.19. The minimum absolute atomic E-state index is 0.105. The molecular weight excluding hydrogens is 356 g/mol. The number of aryl methyl sites for hydroxylation is 1. The Bertz CT molecular complexity index is 1120. The highest BCUT2D eigenvalue weighted by atomic mass is 16.1. The van der Waals surface area contributed by atoms with Gasteiger partial charge < -0.3 is 5.32 Å². The summed E-state index contributed by atoms with van der Waals surface area (Å²) in [4.78, 5) is 17.3. The zero-order valence-corrected chi connectivity index (χ0v) is 17.1. The molecule has 0 spiro atoms. The smallest absolute Gasteiger partial charge is 0.255 e. The first kappa shape index (κ1) is 20.3. The molecule has 3 aromatic carbocycles. The van der Waals surface area contributed by atoms with E-state index in [9.17, 15) is 4.79 Å². The summed E-state index contributed by atoms with van der Waals surface area (Å²) < 4.78 is 0. The number of hydrogen-bond donors (Lipinski definition) is 1. The first-order chi connectivity index (χ1) is 14.2. The molecule has 1 amide bonds. The van der Waals surface area contributed by atoms with Gasteiger partial charge in [-0.1, -0.05) is 69.3 Å². The number of fused-ring (bicyclic) bond motifs is 1. The van der Waals surface area contributed by atoms with E-state index in [1.807, 2.05) is 92.8 Å². The molecule has 0 bridgehead atoms. The van der Waals surface area contributed by atoms with Crippen LogP contribution in [0.4, 0.5) is 5.69 Å². The van der Waals surface area contributed by atoms with Gasteiger partial charge in [0.2, 0.25) is 0 Å². The van der Waals surface area contributed by atoms with E-state index in [0.29, 0.717) is 5.56 Å². The van der Waals surface area contributed by atoms with Crippen molar-refractivity contribution >= 4 is 22.5 Å². The van der Waals surface area contributed by atoms with E-state index >= 15 is 0 Å². The Morgan fingerprint density at radius 2 is 1.66 bits per heavy atom. The third-order valence-electron chi connectivity index (χ3n) is 4.67. The van der Waals surface area contributed by atoms with Gasteiger partial charge in [-0.3, -0.25) is 9.78 Å². The van der Waals surface area contributed by atoms with E-state index < -0.39 is 0 Å². The van der Waals surface area contributed by atoms with E-state index in [0.717, 1.165) is 39.7 Å². The lowest BCUT2D eigenvalue weighted by molar-refractivity contribution is 0.102. The van der Waals surface area contributed by atoms with Gasteiger partial charge in [0.1, 0.15) is 0 Å². The van der Waals surface area contributed by atoms with Crippen molar-refractivity contribution in [2.24, 2.45) is 0 Å². The largest absolute Gasteiger partial charge is 0.321 e. The minimum Gasteiger partial charge on any atom is -0.321 e. The summed E-state index contributed by atoms with van der Waals surface area (Å²) in [7, 11) is 0. The van der Waals surface area contributed by atoms with Gasteiger partial charge in [0.15, 0.2) is 0 Å². The van der Waals surface area contributed by atoms with E-state index in [-0.39, 0.29) is 5.91 Å². The van der Waals surface area contributed by atoms with Gasteiger partial charge in [-0.15, -0.1) is 0 Å². The number of benzene rings is 3. The number of anilines is 1. The van der Waals surface area contributed by atoms with Crippen molar-refractivity contribution in [2.45, 2.75) is 27.2 Å². The lowest BCUT2D eigenvalue weighted by Crippen LogP contribution is -2.12. The van der Waals surface area contributed by atoms with Gasteiger partial charge in [-0.25, -0.2) is 0 Å². The molecule has 0 aliphatic carbocycles. The number of aromatic nitrogens is 1. The molecule has 29 heavy (non-hydrogen) atoms. The van der Waals surface area contributed by atoms with E-state index in [1.54, 1.807) is 0 Å². The highest BCUT2D eigenvalue weighted by molar-refractivity contribution is 6.06. The van der Waals surface area contributed by atoms with Gasteiger partial charge in [0.25, 0.3) is 5.91 Å². The van der Waals surface area contributed by atoms with Crippen molar-refractivity contribution in [3.05, 3.63) is 96.2 Å². The van der Waals surface area contributed by atoms with Gasteiger partial charge in [0.05, 0.1) is 5.52 Å². The number of rotatable bonds is 4. The highest BCUT2D eigenvalue weighted by Gasteiger charge is 2.11. The van der Waals surface area contributed by atoms with Crippen LogP contribution in [-0.2, 0) is 6.42 Å². The van der Waals surface area contributed by atoms with Crippen LogP contribution in [0.25, 0.3) is 22.0 Å². The predicted octanol–water partition coefficient (Wildman–Crippen LogP) is 6.74. The van der Waals surface area contributed by atoms with Crippen LogP contribution in [0, 0.1) is 0 Å². The van der Waals surface area contributed by atoms with Gasteiger partial charge >= 0.3 is 0 Å². The third kappa shape index (κ3) is 4.69. The van der Waals surface area contributed by atoms with E-state index in [2.05, 4.69) is 23.3 Å². The molecule has 0 unspecified atom stereocenters. The zero-order chi connectivity index (χ0) is 20.6. The summed E-state index contributed by atoms with van der Waals surface area (Å²) in [5, 5.41) is 4.13. The Balaban J connectivity index is 0.00000117. The quantitative estimate of drug-likeness (QED) is 0.424. The van der Waals surface area contributed by atoms with Crippen LogP contribution in [0.2, 0.25) is 0 Å². The molecule has 0 aliphatic heterocycles. The number of para-hydroxylation sites is 2. The van der Waals surface area contributed by atoms with Crippen molar-refractivity contribution in [3.8, 4) is 11.1 Å². The van der Waals surface area contributed by atoms with Crippen LogP contribution >= 0.6 is 0 Å². The standard InChI is InChI=1S/C24H20N2O.C2H6/c1-2-17-8-7-10-19(14-17)24(27)26-23-13-6-4-11-21(23)20-15-18-9-3-5-12-22(18)25-16-20;1-2/h3-16H,2H2,1H3,(H,26,27);1-2H3. The minimum atomic E-state index is -0.105. The number of nitrogens with zero attached hydrogens (tertiary/aromatic N) is 1. The Hall–Kier alpha value is -3.46. The number of pyridine rings is 1. The predicted molar refractivity (Wildman–Crippen MR) is 122 cm³/mol. The van der Waals surface area contributed by atoms with E-state index in [1.165, 1.54) is 0 Å². The van der Waals surface area contributed by atoms with Gasteiger partial charge in [-0.05, 0) is 42.3 Å². The van der Waals surface area contributed by atoms with Crippen LogP contribution < -0.4 is 5.32 Å². The SMILES string of the molecule is CC.CCc1cccc(C(=O)Nc2ccccc2-c2cnc3ccccc3c2)c1. The summed E-state index contributed by atoms with van der Waals surface area (Å²) >= 11 is 0. The summed E-state index contributed by atoms with van der Waals surface area (Å²) in [6.07, 6.45) is 2.76. The van der Waals surface area contributed by atoms with Crippen LogP contribution in [0.1, 0.15) is 36.7 Å².